The third-order valence-corrected chi connectivity index (χ3v) is 6.20. The third-order valence-electron chi connectivity index (χ3n) is 6.20. The molecular weight excluding hydrogens is 320 g/mol. The molecule has 2 aromatic rings. The highest BCUT2D eigenvalue weighted by molar-refractivity contribution is 5.70. The lowest BCUT2D eigenvalue weighted by Gasteiger charge is -2.47. The monoisotopic (exact) mass is 348 g/mol. The fraction of sp³-hybridized carbons (Fsp3) is 0.417. The van der Waals surface area contributed by atoms with Gasteiger partial charge in [-0.15, -0.1) is 0 Å². The first-order valence-electron chi connectivity index (χ1n) is 9.70. The molecule has 2 atom stereocenters. The number of allylic oxidation sites excluding steroid dienone is 2. The molecule has 4 rings (SSSR count). The van der Waals surface area contributed by atoms with Crippen molar-refractivity contribution in [1.82, 2.24) is 0 Å². The maximum Gasteiger partial charge on any atom is 0.127 e. The van der Waals surface area contributed by atoms with Crippen molar-refractivity contribution in [3.63, 3.8) is 0 Å². The highest BCUT2D eigenvalue weighted by atomic mass is 16.5. The number of aryl methyl sites for hydroxylation is 1. The van der Waals surface area contributed by atoms with E-state index >= 15 is 0 Å². The lowest BCUT2D eigenvalue weighted by atomic mass is 9.67. The van der Waals surface area contributed by atoms with E-state index in [0.29, 0.717) is 17.6 Å². The number of phenols is 1. The van der Waals surface area contributed by atoms with Gasteiger partial charge in [-0.1, -0.05) is 42.8 Å². The quantitative estimate of drug-likeness (QED) is 0.652. The SMILES string of the molecule is CCc1ccc(-c2cc(O)c3c(c2)OC(C)(C)[C@@H]2CC=C(C)C[C@@H]32)cc1. The summed E-state index contributed by atoms with van der Waals surface area (Å²) in [6.45, 7) is 8.72. The van der Waals surface area contributed by atoms with Crippen molar-refractivity contribution < 1.29 is 9.84 Å². The number of hydrogen-bond donors (Lipinski definition) is 1. The van der Waals surface area contributed by atoms with Gasteiger partial charge in [0.25, 0.3) is 0 Å². The van der Waals surface area contributed by atoms with E-state index < -0.39 is 0 Å². The molecule has 2 heteroatoms. The predicted molar refractivity (Wildman–Crippen MR) is 107 cm³/mol. The van der Waals surface area contributed by atoms with E-state index in [4.69, 9.17) is 4.74 Å². The summed E-state index contributed by atoms with van der Waals surface area (Å²) in [6, 6.07) is 12.6. The number of hydrogen-bond acceptors (Lipinski definition) is 2. The number of phenolic OH excluding ortho intramolecular Hbond substituents is 1. The van der Waals surface area contributed by atoms with Crippen LogP contribution in [0.4, 0.5) is 0 Å². The van der Waals surface area contributed by atoms with Gasteiger partial charge in [0, 0.05) is 17.4 Å². The molecule has 2 aromatic carbocycles. The Morgan fingerprint density at radius 3 is 2.54 bits per heavy atom. The summed E-state index contributed by atoms with van der Waals surface area (Å²) in [5.41, 5.74) is 5.63. The zero-order valence-corrected chi connectivity index (χ0v) is 16.2. The second-order valence-corrected chi connectivity index (χ2v) is 8.37. The van der Waals surface area contributed by atoms with Crippen LogP contribution < -0.4 is 4.74 Å². The Morgan fingerprint density at radius 1 is 1.12 bits per heavy atom. The van der Waals surface area contributed by atoms with Crippen LogP contribution >= 0.6 is 0 Å². The Labute approximate surface area is 156 Å². The first kappa shape index (κ1) is 17.2. The van der Waals surface area contributed by atoms with Gasteiger partial charge >= 0.3 is 0 Å². The van der Waals surface area contributed by atoms with Gasteiger partial charge in [-0.2, -0.15) is 0 Å². The zero-order chi connectivity index (χ0) is 18.5. The van der Waals surface area contributed by atoms with Crippen LogP contribution in [0.25, 0.3) is 11.1 Å². The molecule has 2 aliphatic rings. The van der Waals surface area contributed by atoms with Gasteiger partial charge < -0.3 is 9.84 Å². The van der Waals surface area contributed by atoms with Gasteiger partial charge in [-0.25, -0.2) is 0 Å². The molecule has 0 amide bonds. The van der Waals surface area contributed by atoms with Crippen LogP contribution in [0, 0.1) is 5.92 Å². The molecule has 1 N–H and O–H groups in total. The van der Waals surface area contributed by atoms with E-state index in [1.807, 2.05) is 6.07 Å². The van der Waals surface area contributed by atoms with Crippen molar-refractivity contribution in [2.75, 3.05) is 0 Å². The molecule has 2 nitrogen and oxygen atoms in total. The second-order valence-electron chi connectivity index (χ2n) is 8.37. The molecule has 1 heterocycles. The van der Waals surface area contributed by atoms with Crippen LogP contribution in [-0.4, -0.2) is 10.7 Å². The van der Waals surface area contributed by atoms with Gasteiger partial charge in [0.1, 0.15) is 17.1 Å². The normalized spacial score (nSPS) is 23.5. The summed E-state index contributed by atoms with van der Waals surface area (Å²) in [6.07, 6.45) is 5.38. The van der Waals surface area contributed by atoms with Crippen LogP contribution in [0.5, 0.6) is 11.5 Å². The molecule has 26 heavy (non-hydrogen) atoms. The zero-order valence-electron chi connectivity index (χ0n) is 16.2. The smallest absolute Gasteiger partial charge is 0.127 e. The van der Waals surface area contributed by atoms with E-state index in [0.717, 1.165) is 41.7 Å². The Balaban J connectivity index is 1.80. The van der Waals surface area contributed by atoms with Crippen LogP contribution in [0.1, 0.15) is 57.6 Å². The molecule has 1 aliphatic heterocycles. The highest BCUT2D eigenvalue weighted by Gasteiger charge is 2.45. The lowest BCUT2D eigenvalue weighted by Crippen LogP contribution is -2.45. The molecule has 0 fully saturated rings. The minimum atomic E-state index is -0.230. The number of aromatic hydroxyl groups is 1. The minimum absolute atomic E-state index is 0.230. The summed E-state index contributed by atoms with van der Waals surface area (Å²) < 4.78 is 6.42. The Kier molecular flexibility index (Phi) is 4.10. The van der Waals surface area contributed by atoms with E-state index in [9.17, 15) is 5.11 Å². The average Bonchev–Trinajstić information content (AvgIpc) is 2.60. The maximum atomic E-state index is 10.9. The fourth-order valence-corrected chi connectivity index (χ4v) is 4.66. The lowest BCUT2D eigenvalue weighted by molar-refractivity contribution is 0.00768. The minimum Gasteiger partial charge on any atom is -0.507 e. The Morgan fingerprint density at radius 2 is 1.85 bits per heavy atom. The van der Waals surface area contributed by atoms with Crippen molar-refractivity contribution in [3.05, 3.63) is 59.2 Å². The van der Waals surface area contributed by atoms with Gasteiger partial charge in [0.05, 0.1) is 0 Å². The highest BCUT2D eigenvalue weighted by Crippen LogP contribution is 2.54. The molecule has 0 radical (unpaired) electrons. The Hall–Kier alpha value is -2.22. The topological polar surface area (TPSA) is 29.5 Å². The largest absolute Gasteiger partial charge is 0.507 e. The summed E-state index contributed by atoms with van der Waals surface area (Å²) >= 11 is 0. The summed E-state index contributed by atoms with van der Waals surface area (Å²) in [7, 11) is 0. The first-order valence-corrected chi connectivity index (χ1v) is 9.70. The van der Waals surface area contributed by atoms with E-state index in [-0.39, 0.29) is 5.60 Å². The summed E-state index contributed by atoms with van der Waals surface area (Å²) in [4.78, 5) is 0. The van der Waals surface area contributed by atoms with Gasteiger partial charge in [-0.3, -0.25) is 0 Å². The molecule has 0 saturated heterocycles. The van der Waals surface area contributed by atoms with Crippen molar-refractivity contribution in [3.8, 4) is 22.6 Å². The molecule has 136 valence electrons. The molecule has 0 bridgehead atoms. The number of fused-ring (bicyclic) bond motifs is 3. The fourth-order valence-electron chi connectivity index (χ4n) is 4.66. The number of rotatable bonds is 2. The number of ether oxygens (including phenoxy) is 1. The van der Waals surface area contributed by atoms with Crippen LogP contribution in [-0.2, 0) is 6.42 Å². The number of benzene rings is 2. The summed E-state index contributed by atoms with van der Waals surface area (Å²) in [5, 5.41) is 10.9. The molecule has 0 saturated carbocycles. The van der Waals surface area contributed by atoms with E-state index in [1.165, 1.54) is 11.1 Å². The van der Waals surface area contributed by atoms with Gasteiger partial charge in [0.2, 0.25) is 0 Å². The first-order chi connectivity index (χ1) is 12.4. The second kappa shape index (κ2) is 6.19. The maximum absolute atomic E-state index is 10.9. The van der Waals surface area contributed by atoms with E-state index in [2.05, 4.69) is 64.1 Å². The van der Waals surface area contributed by atoms with Crippen molar-refractivity contribution in [1.29, 1.82) is 0 Å². The summed E-state index contributed by atoms with van der Waals surface area (Å²) in [5.74, 6) is 1.95. The molecular formula is C24H28O2. The van der Waals surface area contributed by atoms with Crippen LogP contribution in [0.2, 0.25) is 0 Å². The van der Waals surface area contributed by atoms with Crippen LogP contribution in [0.15, 0.2) is 48.0 Å². The molecule has 0 spiro atoms. The van der Waals surface area contributed by atoms with E-state index in [1.54, 1.807) is 0 Å². The van der Waals surface area contributed by atoms with Gasteiger partial charge in [-0.05, 0) is 68.9 Å². The van der Waals surface area contributed by atoms with Crippen LogP contribution in [0.3, 0.4) is 0 Å². The standard InChI is InChI=1S/C24H28O2/c1-5-16-7-9-17(10-8-16)18-13-21(25)23-19-12-15(2)6-11-20(19)24(3,4)26-22(23)14-18/h6-10,13-14,19-20,25H,5,11-12H2,1-4H3/t19-,20-/m1/s1. The van der Waals surface area contributed by atoms with Crippen molar-refractivity contribution in [2.45, 2.75) is 58.5 Å². The van der Waals surface area contributed by atoms with Crippen molar-refractivity contribution >= 4 is 0 Å². The predicted octanol–water partition coefficient (Wildman–Crippen LogP) is 6.23. The average molecular weight is 348 g/mol. The van der Waals surface area contributed by atoms with Gasteiger partial charge in [0.15, 0.2) is 0 Å². The molecule has 0 unspecified atom stereocenters. The molecule has 0 aromatic heterocycles. The third kappa shape index (κ3) is 2.82. The molecule has 1 aliphatic carbocycles. The van der Waals surface area contributed by atoms with Crippen molar-refractivity contribution in [2.24, 2.45) is 5.92 Å². The Bertz CT molecular complexity index is 859.